The van der Waals surface area contributed by atoms with Gasteiger partial charge in [0, 0.05) is 0 Å². The third-order valence-corrected chi connectivity index (χ3v) is 4.86. The Morgan fingerprint density at radius 2 is 1.94 bits per heavy atom. The SMILES string of the molecule is NC1(C(=O)O)C(CCCB(O)O)C2C3C1[C@@H]23. The highest BCUT2D eigenvalue weighted by molar-refractivity contribution is 6.40. The number of hydrogen-bond donors (Lipinski definition) is 4. The first kappa shape index (κ1) is 10.6. The summed E-state index contributed by atoms with van der Waals surface area (Å²) in [6.07, 6.45) is 1.64. The second-order valence-corrected chi connectivity index (χ2v) is 5.51. The first-order chi connectivity index (χ1) is 7.49. The highest BCUT2D eigenvalue weighted by Crippen LogP contribution is 2.86. The molecule has 88 valence electrons. The van der Waals surface area contributed by atoms with Crippen molar-refractivity contribution >= 4 is 13.1 Å². The molecule has 0 aromatic heterocycles. The van der Waals surface area contributed by atoms with Gasteiger partial charge in [0.05, 0.1) is 0 Å². The van der Waals surface area contributed by atoms with E-state index in [1.54, 1.807) is 0 Å². The van der Waals surface area contributed by atoms with Crippen LogP contribution in [0.2, 0.25) is 6.32 Å². The molecule has 0 aliphatic heterocycles. The molecule has 0 spiro atoms. The van der Waals surface area contributed by atoms with Gasteiger partial charge in [-0.05, 0) is 42.3 Å². The molecule has 0 aromatic rings. The Kier molecular flexibility index (Phi) is 1.98. The Morgan fingerprint density at radius 1 is 1.31 bits per heavy atom. The molecule has 4 rings (SSSR count). The van der Waals surface area contributed by atoms with Crippen molar-refractivity contribution in [2.24, 2.45) is 35.3 Å². The average Bonchev–Trinajstić information content (AvgIpc) is 3.00. The lowest BCUT2D eigenvalue weighted by molar-refractivity contribution is -0.145. The van der Waals surface area contributed by atoms with Crippen molar-refractivity contribution in [2.75, 3.05) is 0 Å². The molecule has 6 heteroatoms. The zero-order valence-corrected chi connectivity index (χ0v) is 8.91. The van der Waals surface area contributed by atoms with E-state index in [0.717, 1.165) is 0 Å². The molecule has 5 N–H and O–H groups in total. The number of hydrogen-bond acceptors (Lipinski definition) is 4. The maximum absolute atomic E-state index is 11.3. The van der Waals surface area contributed by atoms with Crippen LogP contribution >= 0.6 is 0 Å². The number of rotatable bonds is 5. The molecule has 4 aliphatic rings. The van der Waals surface area contributed by atoms with Gasteiger partial charge < -0.3 is 20.9 Å². The van der Waals surface area contributed by atoms with Crippen LogP contribution in [0.4, 0.5) is 0 Å². The van der Waals surface area contributed by atoms with Crippen molar-refractivity contribution in [2.45, 2.75) is 24.7 Å². The normalized spacial score (nSPS) is 51.1. The average molecular weight is 225 g/mol. The third-order valence-electron chi connectivity index (χ3n) is 4.86. The summed E-state index contributed by atoms with van der Waals surface area (Å²) < 4.78 is 0. The summed E-state index contributed by atoms with van der Waals surface area (Å²) >= 11 is 0. The van der Waals surface area contributed by atoms with Gasteiger partial charge in [-0.1, -0.05) is 6.42 Å². The number of carbonyl (C=O) groups is 1. The molecular weight excluding hydrogens is 209 g/mol. The Hall–Kier alpha value is -0.585. The molecule has 0 radical (unpaired) electrons. The van der Waals surface area contributed by atoms with Crippen molar-refractivity contribution in [1.29, 1.82) is 0 Å². The topological polar surface area (TPSA) is 104 Å². The second-order valence-electron chi connectivity index (χ2n) is 5.51. The number of aliphatic carboxylic acids is 1. The first-order valence-electron chi connectivity index (χ1n) is 5.88. The molecule has 4 saturated carbocycles. The van der Waals surface area contributed by atoms with E-state index < -0.39 is 18.6 Å². The minimum atomic E-state index is -1.29. The van der Waals surface area contributed by atoms with Crippen molar-refractivity contribution in [3.63, 3.8) is 0 Å². The van der Waals surface area contributed by atoms with Crippen LogP contribution in [0.25, 0.3) is 0 Å². The molecule has 4 fully saturated rings. The third kappa shape index (κ3) is 1.10. The minimum absolute atomic E-state index is 0.0451. The van der Waals surface area contributed by atoms with Gasteiger partial charge in [-0.2, -0.15) is 0 Å². The molecule has 0 saturated heterocycles. The number of fused-ring (bicyclic) bond motifs is 1. The van der Waals surface area contributed by atoms with Crippen LogP contribution in [0, 0.1) is 29.6 Å². The van der Waals surface area contributed by atoms with Crippen LogP contribution in [-0.4, -0.2) is 33.8 Å². The van der Waals surface area contributed by atoms with Crippen LogP contribution in [0.5, 0.6) is 0 Å². The molecule has 16 heavy (non-hydrogen) atoms. The van der Waals surface area contributed by atoms with E-state index in [4.69, 9.17) is 15.8 Å². The van der Waals surface area contributed by atoms with Gasteiger partial charge in [-0.25, -0.2) is 0 Å². The van der Waals surface area contributed by atoms with Gasteiger partial charge in [-0.15, -0.1) is 0 Å². The van der Waals surface area contributed by atoms with Gasteiger partial charge in [0.25, 0.3) is 0 Å². The summed E-state index contributed by atoms with van der Waals surface area (Å²) in [5, 5.41) is 26.7. The highest BCUT2D eigenvalue weighted by Gasteiger charge is 2.89. The fourth-order valence-electron chi connectivity index (χ4n) is 4.07. The molecule has 0 heterocycles. The molecule has 5 nitrogen and oxygen atoms in total. The predicted molar refractivity (Wildman–Crippen MR) is 56.2 cm³/mol. The van der Waals surface area contributed by atoms with Gasteiger partial charge >= 0.3 is 13.1 Å². The van der Waals surface area contributed by atoms with Crippen LogP contribution in [0.3, 0.4) is 0 Å². The van der Waals surface area contributed by atoms with Crippen molar-refractivity contribution in [1.82, 2.24) is 0 Å². The monoisotopic (exact) mass is 225 g/mol. The zero-order chi connectivity index (χ0) is 11.7. The molecular formula is C10H16BNO4. The van der Waals surface area contributed by atoms with Crippen molar-refractivity contribution in [3.05, 3.63) is 0 Å². The fourth-order valence-corrected chi connectivity index (χ4v) is 4.07. The van der Waals surface area contributed by atoms with Crippen LogP contribution in [0.1, 0.15) is 12.8 Å². The summed E-state index contributed by atoms with van der Waals surface area (Å²) in [5.41, 5.74) is 5.02. The van der Waals surface area contributed by atoms with E-state index in [2.05, 4.69) is 0 Å². The predicted octanol–water partition coefficient (Wildman–Crippen LogP) is -0.857. The van der Waals surface area contributed by atoms with E-state index in [1.165, 1.54) is 0 Å². The lowest BCUT2D eigenvalue weighted by atomic mass is 9.78. The van der Waals surface area contributed by atoms with Crippen molar-refractivity contribution in [3.8, 4) is 0 Å². The van der Waals surface area contributed by atoms with E-state index in [-0.39, 0.29) is 11.8 Å². The zero-order valence-electron chi connectivity index (χ0n) is 8.91. The van der Waals surface area contributed by atoms with E-state index in [0.29, 0.717) is 36.9 Å². The Balaban J connectivity index is 1.64. The van der Waals surface area contributed by atoms with Gasteiger partial charge in [-0.3, -0.25) is 4.79 Å². The van der Waals surface area contributed by atoms with E-state index >= 15 is 0 Å². The molecule has 0 aromatic carbocycles. The number of nitrogens with two attached hydrogens (primary N) is 1. The fraction of sp³-hybridized carbons (Fsp3) is 0.900. The maximum atomic E-state index is 11.3. The van der Waals surface area contributed by atoms with Gasteiger partial charge in [0.15, 0.2) is 0 Å². The standard InChI is InChI=1S/C10H16BNO4/c12-10(9(13)14)4(2-1-3-11(15)16)5-6-7(5)8(6)10/h4-8,15-16H,1-3,12H2,(H,13,14)/t4?,5?,6-,7?,8?,10?/m0/s1. The molecule has 2 bridgehead atoms. The lowest BCUT2D eigenvalue weighted by Gasteiger charge is -2.26. The van der Waals surface area contributed by atoms with Crippen LogP contribution in [0.15, 0.2) is 0 Å². The lowest BCUT2D eigenvalue weighted by Crippen LogP contribution is -2.52. The summed E-state index contributed by atoms with van der Waals surface area (Å²) in [6, 6.07) is 0. The molecule has 4 aliphatic carbocycles. The Morgan fingerprint density at radius 3 is 2.44 bits per heavy atom. The Labute approximate surface area is 93.8 Å². The molecule has 5 unspecified atom stereocenters. The van der Waals surface area contributed by atoms with Crippen molar-refractivity contribution < 1.29 is 19.9 Å². The van der Waals surface area contributed by atoms with Crippen LogP contribution < -0.4 is 5.73 Å². The minimum Gasteiger partial charge on any atom is -0.480 e. The summed E-state index contributed by atoms with van der Waals surface area (Å²) in [4.78, 5) is 11.3. The first-order valence-corrected chi connectivity index (χ1v) is 5.88. The Bertz CT molecular complexity index is 340. The molecule has 0 amide bonds. The van der Waals surface area contributed by atoms with E-state index in [1.807, 2.05) is 0 Å². The summed E-state index contributed by atoms with van der Waals surface area (Å²) in [6.45, 7) is 0. The second kappa shape index (κ2) is 3.00. The number of carboxylic acid groups (broad SMARTS) is 1. The highest BCUT2D eigenvalue weighted by atomic mass is 16.4. The largest absolute Gasteiger partial charge is 0.480 e. The number of carboxylic acids is 1. The quantitative estimate of drug-likeness (QED) is 0.456. The smallest absolute Gasteiger partial charge is 0.451 e. The van der Waals surface area contributed by atoms with Gasteiger partial charge in [0.2, 0.25) is 0 Å². The van der Waals surface area contributed by atoms with E-state index in [9.17, 15) is 9.90 Å². The summed E-state index contributed by atoms with van der Waals surface area (Å²) in [5.74, 6) is 1.04. The maximum Gasteiger partial charge on any atom is 0.451 e. The van der Waals surface area contributed by atoms with Crippen LogP contribution in [-0.2, 0) is 4.79 Å². The van der Waals surface area contributed by atoms with Gasteiger partial charge in [0.1, 0.15) is 5.54 Å². The molecule has 6 atom stereocenters. The summed E-state index contributed by atoms with van der Waals surface area (Å²) in [7, 11) is -1.29.